The van der Waals surface area contributed by atoms with Crippen LogP contribution in [0.15, 0.2) is 60.3 Å². The summed E-state index contributed by atoms with van der Waals surface area (Å²) in [6.07, 6.45) is 17.9. The summed E-state index contributed by atoms with van der Waals surface area (Å²) < 4.78 is 0. The smallest absolute Gasteiger partial charge is 0.328 e. The molecule has 0 aromatic carbocycles. The van der Waals surface area contributed by atoms with Crippen LogP contribution in [0.3, 0.4) is 0 Å². The normalized spacial score (nSPS) is 20.0. The van der Waals surface area contributed by atoms with E-state index in [4.69, 9.17) is 5.11 Å². The first-order valence-corrected chi connectivity index (χ1v) is 5.79. The Morgan fingerprint density at radius 1 is 1.06 bits per heavy atom. The van der Waals surface area contributed by atoms with Gasteiger partial charge in [0.05, 0.1) is 0 Å². The number of aliphatic carboxylic acids is 1. The number of carboxylic acid groups (broad SMARTS) is 1. The van der Waals surface area contributed by atoms with Crippen molar-refractivity contribution < 1.29 is 9.90 Å². The zero-order chi connectivity index (χ0) is 12.3. The molecule has 2 rings (SSSR count). The summed E-state index contributed by atoms with van der Waals surface area (Å²) >= 11 is 0. The molecule has 2 aliphatic carbocycles. The summed E-state index contributed by atoms with van der Waals surface area (Å²) in [5.74, 6) is -0.0773. The van der Waals surface area contributed by atoms with Crippen LogP contribution in [0.4, 0.5) is 0 Å². The van der Waals surface area contributed by atoms with Crippen molar-refractivity contribution in [1.82, 2.24) is 0 Å². The zero-order valence-corrected chi connectivity index (χ0v) is 9.78. The zero-order valence-electron chi connectivity index (χ0n) is 9.78. The molecule has 0 saturated carbocycles. The largest absolute Gasteiger partial charge is 0.478 e. The molecule has 0 amide bonds. The molecule has 0 radical (unpaired) electrons. The molecule has 0 aliphatic heterocycles. The average Bonchev–Trinajstić information content (AvgIpc) is 2.88. The summed E-state index contributed by atoms with van der Waals surface area (Å²) in [4.78, 5) is 10.8. The number of hydrogen-bond donors (Lipinski definition) is 1. The third-order valence-electron chi connectivity index (χ3n) is 3.26. The highest BCUT2D eigenvalue weighted by molar-refractivity contribution is 5.80. The van der Waals surface area contributed by atoms with Crippen LogP contribution in [0.25, 0.3) is 0 Å². The number of carbonyl (C=O) groups is 1. The highest BCUT2D eigenvalue weighted by Gasteiger charge is 2.27. The van der Waals surface area contributed by atoms with Crippen LogP contribution < -0.4 is 0 Å². The van der Waals surface area contributed by atoms with Crippen molar-refractivity contribution in [3.05, 3.63) is 60.3 Å². The molecule has 1 N–H and O–H groups in total. The van der Waals surface area contributed by atoms with Crippen LogP contribution in [-0.2, 0) is 4.79 Å². The van der Waals surface area contributed by atoms with Crippen molar-refractivity contribution in [2.75, 3.05) is 0 Å². The molecule has 2 aliphatic rings. The third-order valence-corrected chi connectivity index (χ3v) is 3.26. The van der Waals surface area contributed by atoms with Crippen molar-refractivity contribution in [3.63, 3.8) is 0 Å². The number of allylic oxidation sites excluding steroid dienone is 9. The maximum atomic E-state index is 10.8. The minimum Gasteiger partial charge on any atom is -0.478 e. The summed E-state index contributed by atoms with van der Waals surface area (Å²) in [5.41, 5.74) is 0.917. The number of carboxylic acids is 1. The third kappa shape index (κ3) is 2.64. The lowest BCUT2D eigenvalue weighted by atomic mass is 9.78. The van der Waals surface area contributed by atoms with Crippen molar-refractivity contribution in [1.29, 1.82) is 0 Å². The van der Waals surface area contributed by atoms with Gasteiger partial charge in [0.2, 0.25) is 0 Å². The van der Waals surface area contributed by atoms with Crippen LogP contribution in [0.5, 0.6) is 0 Å². The quantitative estimate of drug-likeness (QED) is 0.751. The van der Waals surface area contributed by atoms with Gasteiger partial charge in [0, 0.05) is 17.9 Å². The van der Waals surface area contributed by atoms with E-state index < -0.39 is 5.97 Å². The standard InChI is InChI=1S/C15H16O2/c1-11(10-14(16)17)15(12-6-2-3-7-12)13-8-4-5-9-13/h2-10,12-13,15H,1H3,(H,16,17). The first kappa shape index (κ1) is 11.6. The van der Waals surface area contributed by atoms with Crippen LogP contribution in [0.2, 0.25) is 0 Å². The fourth-order valence-electron chi connectivity index (χ4n) is 2.53. The van der Waals surface area contributed by atoms with Gasteiger partial charge in [0.25, 0.3) is 0 Å². The van der Waals surface area contributed by atoms with Crippen LogP contribution >= 0.6 is 0 Å². The van der Waals surface area contributed by atoms with Gasteiger partial charge in [-0.15, -0.1) is 0 Å². The minimum absolute atomic E-state index is 0.205. The lowest BCUT2D eigenvalue weighted by Crippen LogP contribution is -2.19. The molecular formula is C15H16O2. The molecule has 2 heteroatoms. The monoisotopic (exact) mass is 228 g/mol. The molecule has 0 saturated heterocycles. The van der Waals surface area contributed by atoms with Gasteiger partial charge >= 0.3 is 5.97 Å². The molecule has 0 atom stereocenters. The van der Waals surface area contributed by atoms with E-state index in [2.05, 4.69) is 24.3 Å². The Kier molecular flexibility index (Phi) is 3.43. The lowest BCUT2D eigenvalue weighted by molar-refractivity contribution is -0.131. The van der Waals surface area contributed by atoms with E-state index in [-0.39, 0.29) is 5.92 Å². The summed E-state index contributed by atoms with van der Waals surface area (Å²) in [7, 11) is 0. The second-order valence-corrected chi connectivity index (χ2v) is 4.45. The first-order valence-electron chi connectivity index (χ1n) is 5.79. The van der Waals surface area contributed by atoms with Crippen molar-refractivity contribution in [3.8, 4) is 0 Å². The van der Waals surface area contributed by atoms with E-state index in [0.717, 1.165) is 5.57 Å². The van der Waals surface area contributed by atoms with E-state index in [1.54, 1.807) is 0 Å². The molecule has 0 aromatic rings. The fraction of sp³-hybridized carbons (Fsp3) is 0.267. The molecule has 88 valence electrons. The topological polar surface area (TPSA) is 37.3 Å². The summed E-state index contributed by atoms with van der Waals surface area (Å²) in [6.45, 7) is 1.90. The highest BCUT2D eigenvalue weighted by Crippen LogP contribution is 2.35. The second kappa shape index (κ2) is 5.00. The van der Waals surface area contributed by atoms with Crippen molar-refractivity contribution in [2.45, 2.75) is 6.92 Å². The number of rotatable bonds is 4. The first-order chi connectivity index (χ1) is 8.18. The van der Waals surface area contributed by atoms with Crippen LogP contribution in [0, 0.1) is 17.8 Å². The van der Waals surface area contributed by atoms with Crippen LogP contribution in [-0.4, -0.2) is 11.1 Å². The van der Waals surface area contributed by atoms with E-state index in [0.29, 0.717) is 11.8 Å². The van der Waals surface area contributed by atoms with Gasteiger partial charge in [-0.3, -0.25) is 0 Å². The molecule has 0 fully saturated rings. The summed E-state index contributed by atoms with van der Waals surface area (Å²) in [6, 6.07) is 0. The Labute approximate surface area is 101 Å². The van der Waals surface area contributed by atoms with Crippen molar-refractivity contribution in [2.24, 2.45) is 17.8 Å². The Morgan fingerprint density at radius 2 is 1.47 bits per heavy atom. The predicted octanol–water partition coefficient (Wildman–Crippen LogP) is 3.12. The Hall–Kier alpha value is -1.83. The van der Waals surface area contributed by atoms with Gasteiger partial charge < -0.3 is 5.11 Å². The maximum Gasteiger partial charge on any atom is 0.328 e. The molecule has 2 nitrogen and oxygen atoms in total. The second-order valence-electron chi connectivity index (χ2n) is 4.45. The Morgan fingerprint density at radius 3 is 1.82 bits per heavy atom. The van der Waals surface area contributed by atoms with E-state index in [1.165, 1.54) is 6.08 Å². The molecule has 0 spiro atoms. The van der Waals surface area contributed by atoms with Gasteiger partial charge in [-0.2, -0.15) is 0 Å². The van der Waals surface area contributed by atoms with Crippen LogP contribution in [0.1, 0.15) is 6.92 Å². The van der Waals surface area contributed by atoms with Gasteiger partial charge in [0.1, 0.15) is 0 Å². The number of hydrogen-bond acceptors (Lipinski definition) is 1. The van der Waals surface area contributed by atoms with Gasteiger partial charge in [-0.1, -0.05) is 54.2 Å². The lowest BCUT2D eigenvalue weighted by Gasteiger charge is -2.26. The molecule has 17 heavy (non-hydrogen) atoms. The molecule has 0 heterocycles. The SMILES string of the molecule is CC(=CC(=O)O)C(C1C=CC=C1)C1C=CC=C1. The summed E-state index contributed by atoms with van der Waals surface area (Å²) in [5, 5.41) is 8.87. The van der Waals surface area contributed by atoms with E-state index in [1.807, 2.05) is 31.2 Å². The van der Waals surface area contributed by atoms with E-state index >= 15 is 0 Å². The van der Waals surface area contributed by atoms with Gasteiger partial charge in [-0.05, 0) is 12.8 Å². The molecule has 0 bridgehead atoms. The van der Waals surface area contributed by atoms with Crippen molar-refractivity contribution >= 4 is 5.97 Å². The van der Waals surface area contributed by atoms with Gasteiger partial charge in [-0.25, -0.2) is 4.79 Å². The predicted molar refractivity (Wildman–Crippen MR) is 68.4 cm³/mol. The molecule has 0 aromatic heterocycles. The fourth-order valence-corrected chi connectivity index (χ4v) is 2.53. The highest BCUT2D eigenvalue weighted by atomic mass is 16.4. The Balaban J connectivity index is 2.26. The minimum atomic E-state index is -0.871. The van der Waals surface area contributed by atoms with Gasteiger partial charge in [0.15, 0.2) is 0 Å². The van der Waals surface area contributed by atoms with E-state index in [9.17, 15) is 4.79 Å². The molecule has 0 unspecified atom stereocenters. The molecular weight excluding hydrogens is 212 g/mol. The Bertz CT molecular complexity index is 398. The average molecular weight is 228 g/mol. The maximum absolute atomic E-state index is 10.8.